The molecule has 0 bridgehead atoms. The summed E-state index contributed by atoms with van der Waals surface area (Å²) in [5.41, 5.74) is 1.11. The molecule has 9 heteroatoms. The summed E-state index contributed by atoms with van der Waals surface area (Å²) in [4.78, 5) is 34.9. The molecule has 0 unspecified atom stereocenters. The number of phenols is 1. The molecule has 0 aliphatic rings. The molecule has 0 fully saturated rings. The summed E-state index contributed by atoms with van der Waals surface area (Å²) < 4.78 is 11.7. The monoisotopic (exact) mass is 491 g/mol. The van der Waals surface area contributed by atoms with Gasteiger partial charge in [0.25, 0.3) is 0 Å². The third kappa shape index (κ3) is 7.23. The minimum absolute atomic E-state index is 0.107. The molecule has 0 aliphatic heterocycles. The first-order chi connectivity index (χ1) is 14.7. The zero-order valence-electron chi connectivity index (χ0n) is 16.9. The average molecular weight is 492 g/mol. The van der Waals surface area contributed by atoms with Crippen LogP contribution < -0.4 is 5.32 Å². The molecule has 1 amide bonds. The fourth-order valence-corrected chi connectivity index (χ4v) is 3.10. The molecule has 2 aromatic rings. The van der Waals surface area contributed by atoms with E-state index in [1.54, 1.807) is 43.3 Å². The summed E-state index contributed by atoms with van der Waals surface area (Å²) in [6.45, 7) is 3.34. The van der Waals surface area contributed by atoms with Gasteiger partial charge in [-0.3, -0.25) is 10.1 Å². The summed E-state index contributed by atoms with van der Waals surface area (Å²) in [7, 11) is 0. The number of carbonyl (C=O) groups is 3. The van der Waals surface area contributed by atoms with Crippen LogP contribution in [0.2, 0.25) is 0 Å². The van der Waals surface area contributed by atoms with Gasteiger partial charge in [-0.15, -0.1) is 0 Å². The normalized spacial score (nSPS) is 12.9. The van der Waals surface area contributed by atoms with Crippen molar-refractivity contribution in [3.05, 3.63) is 70.2 Å². The first-order valence-corrected chi connectivity index (χ1v) is 10.1. The van der Waals surface area contributed by atoms with E-state index in [4.69, 9.17) is 14.6 Å². The van der Waals surface area contributed by atoms with Gasteiger partial charge in [-0.1, -0.05) is 15.9 Å². The lowest BCUT2D eigenvalue weighted by Crippen LogP contribution is -2.28. The smallest absolute Gasteiger partial charge is 0.412 e. The molecule has 0 aromatic heterocycles. The van der Waals surface area contributed by atoms with E-state index < -0.39 is 24.3 Å². The van der Waals surface area contributed by atoms with Crippen LogP contribution in [0.15, 0.2) is 59.1 Å². The highest BCUT2D eigenvalue weighted by Gasteiger charge is 2.29. The first kappa shape index (κ1) is 24.1. The maximum atomic E-state index is 12.6. The summed E-state index contributed by atoms with van der Waals surface area (Å²) in [5.74, 6) is -1.46. The molecule has 31 heavy (non-hydrogen) atoms. The number of amides is 1. The van der Waals surface area contributed by atoms with Crippen molar-refractivity contribution >= 4 is 39.5 Å². The van der Waals surface area contributed by atoms with Gasteiger partial charge in [0.1, 0.15) is 11.9 Å². The van der Waals surface area contributed by atoms with E-state index in [1.807, 2.05) is 0 Å². The van der Waals surface area contributed by atoms with Crippen LogP contribution in [0.4, 0.5) is 10.5 Å². The number of carboxylic acid groups (broad SMARTS) is 1. The Hall–Kier alpha value is -3.17. The molecule has 2 aromatic carbocycles. The lowest BCUT2D eigenvalue weighted by atomic mass is 10.0. The molecule has 8 nitrogen and oxygen atoms in total. The number of benzene rings is 2. The zero-order valence-corrected chi connectivity index (χ0v) is 18.5. The van der Waals surface area contributed by atoms with Crippen molar-refractivity contribution in [2.75, 3.05) is 11.9 Å². The average Bonchev–Trinajstić information content (AvgIpc) is 2.71. The van der Waals surface area contributed by atoms with Crippen LogP contribution >= 0.6 is 15.9 Å². The molecule has 0 saturated carbocycles. The number of rotatable bonds is 9. The van der Waals surface area contributed by atoms with Crippen molar-refractivity contribution in [3.63, 3.8) is 0 Å². The number of aliphatic carboxylic acids is 1. The fraction of sp³-hybridized carbons (Fsp3) is 0.227. The minimum atomic E-state index is -1.20. The summed E-state index contributed by atoms with van der Waals surface area (Å²) >= 11 is 3.31. The van der Waals surface area contributed by atoms with Crippen LogP contribution in [0.25, 0.3) is 0 Å². The highest BCUT2D eigenvalue weighted by molar-refractivity contribution is 9.10. The minimum Gasteiger partial charge on any atom is -0.508 e. The molecule has 2 rings (SSSR count). The van der Waals surface area contributed by atoms with Gasteiger partial charge < -0.3 is 19.7 Å². The molecular formula is C22H22BrNO7. The van der Waals surface area contributed by atoms with Crippen molar-refractivity contribution in [1.29, 1.82) is 0 Å². The Labute approximate surface area is 187 Å². The van der Waals surface area contributed by atoms with Crippen LogP contribution in [0.3, 0.4) is 0 Å². The number of halogens is 1. The Morgan fingerprint density at radius 2 is 1.84 bits per heavy atom. The van der Waals surface area contributed by atoms with Crippen LogP contribution in [0, 0.1) is 0 Å². The van der Waals surface area contributed by atoms with Crippen molar-refractivity contribution in [2.45, 2.75) is 26.1 Å². The maximum absolute atomic E-state index is 12.6. The number of carboxylic acids is 1. The Kier molecular flexibility index (Phi) is 8.77. The van der Waals surface area contributed by atoms with Gasteiger partial charge in [0.2, 0.25) is 0 Å². The second kappa shape index (κ2) is 11.3. The Morgan fingerprint density at radius 3 is 2.42 bits per heavy atom. The number of anilines is 1. The molecule has 0 aliphatic carbocycles. The van der Waals surface area contributed by atoms with E-state index in [0.29, 0.717) is 15.7 Å². The second-order valence-electron chi connectivity index (χ2n) is 6.40. The molecule has 0 spiro atoms. The number of hydrogen-bond acceptors (Lipinski definition) is 6. The van der Waals surface area contributed by atoms with Gasteiger partial charge in [-0.2, -0.15) is 0 Å². The van der Waals surface area contributed by atoms with E-state index in [1.165, 1.54) is 19.1 Å². The summed E-state index contributed by atoms with van der Waals surface area (Å²) in [6.07, 6.45) is -0.861. The Bertz CT molecular complexity index is 972. The van der Waals surface area contributed by atoms with Crippen molar-refractivity contribution in [3.8, 4) is 5.75 Å². The van der Waals surface area contributed by atoms with Crippen LogP contribution in [0.5, 0.6) is 5.75 Å². The van der Waals surface area contributed by atoms with E-state index in [0.717, 1.165) is 6.08 Å². The van der Waals surface area contributed by atoms with Gasteiger partial charge in [0.15, 0.2) is 11.9 Å². The molecule has 0 heterocycles. The second-order valence-corrected chi connectivity index (χ2v) is 7.32. The van der Waals surface area contributed by atoms with Gasteiger partial charge in [0, 0.05) is 34.0 Å². The predicted molar refractivity (Wildman–Crippen MR) is 117 cm³/mol. The van der Waals surface area contributed by atoms with Crippen molar-refractivity contribution < 1.29 is 34.1 Å². The van der Waals surface area contributed by atoms with E-state index in [9.17, 15) is 19.5 Å². The van der Waals surface area contributed by atoms with E-state index >= 15 is 0 Å². The molecular weight excluding hydrogens is 470 g/mol. The lowest BCUT2D eigenvalue weighted by molar-refractivity contribution is -0.131. The summed E-state index contributed by atoms with van der Waals surface area (Å²) in [6, 6.07) is 10.8. The third-order valence-electron chi connectivity index (χ3n) is 4.15. The maximum Gasteiger partial charge on any atom is 0.412 e. The van der Waals surface area contributed by atoms with Crippen LogP contribution in [-0.2, 0) is 14.3 Å². The first-order valence-electron chi connectivity index (χ1n) is 9.31. The van der Waals surface area contributed by atoms with Gasteiger partial charge in [-0.05, 0) is 62.4 Å². The molecule has 2 atom stereocenters. The highest BCUT2D eigenvalue weighted by atomic mass is 79.9. The Balaban J connectivity index is 2.32. The Morgan fingerprint density at radius 1 is 1.16 bits per heavy atom. The third-order valence-corrected chi connectivity index (χ3v) is 4.65. The number of ether oxygens (including phenoxy) is 2. The number of hydrogen-bond donors (Lipinski definition) is 3. The zero-order chi connectivity index (χ0) is 23.0. The van der Waals surface area contributed by atoms with Gasteiger partial charge >= 0.3 is 12.1 Å². The topological polar surface area (TPSA) is 122 Å². The van der Waals surface area contributed by atoms with Crippen molar-refractivity contribution in [2.24, 2.45) is 0 Å². The number of phenolic OH excluding ortho intramolecular Hbond substituents is 1. The highest BCUT2D eigenvalue weighted by Crippen LogP contribution is 2.34. The SMILES string of the molecule is CCO[C@H](/C=C/C(=O)O)[C@H](OC(=O)Nc1ccc(C(C)=O)cc1)c1cc(Br)ccc1O. The van der Waals surface area contributed by atoms with Crippen LogP contribution in [-0.4, -0.2) is 40.8 Å². The lowest BCUT2D eigenvalue weighted by Gasteiger charge is -2.26. The standard InChI is InChI=1S/C22H22BrNO7/c1-3-30-19(10-11-20(27)28)21(17-12-15(23)6-9-18(17)26)31-22(29)24-16-7-4-14(5-8-16)13(2)25/h4-12,19,21,26H,3H2,1-2H3,(H,24,29)(H,27,28)/b11-10+/t19-,21-/m1/s1. The van der Waals surface area contributed by atoms with Crippen molar-refractivity contribution in [1.82, 2.24) is 0 Å². The quantitative estimate of drug-likeness (QED) is 0.343. The molecule has 0 radical (unpaired) electrons. The fourth-order valence-electron chi connectivity index (χ4n) is 2.73. The number of carbonyl (C=O) groups excluding carboxylic acids is 2. The van der Waals surface area contributed by atoms with Gasteiger partial charge in [0.05, 0.1) is 0 Å². The largest absolute Gasteiger partial charge is 0.508 e. The van der Waals surface area contributed by atoms with Gasteiger partial charge in [-0.25, -0.2) is 9.59 Å². The number of aromatic hydroxyl groups is 1. The number of nitrogens with one attached hydrogen (secondary N) is 1. The number of ketones is 1. The summed E-state index contributed by atoms with van der Waals surface area (Å²) in [5, 5.41) is 21.8. The molecule has 3 N–H and O–H groups in total. The predicted octanol–water partition coefficient (Wildman–Crippen LogP) is 4.69. The van der Waals surface area contributed by atoms with E-state index in [2.05, 4.69) is 21.2 Å². The van der Waals surface area contributed by atoms with E-state index in [-0.39, 0.29) is 23.7 Å². The molecule has 164 valence electrons. The number of Topliss-reactive ketones (excluding diaryl/α,β-unsaturated/α-hetero) is 1. The molecule has 0 saturated heterocycles. The van der Waals surface area contributed by atoms with Crippen LogP contribution in [0.1, 0.15) is 35.9 Å².